The summed E-state index contributed by atoms with van der Waals surface area (Å²) in [6.45, 7) is 8.74. The van der Waals surface area contributed by atoms with Crippen LogP contribution in [0.15, 0.2) is 12.7 Å². The molecule has 3 aliphatic rings. The van der Waals surface area contributed by atoms with Gasteiger partial charge in [-0.3, -0.25) is 4.90 Å². The third-order valence-electron chi connectivity index (χ3n) is 4.73. The molecule has 0 aromatic heterocycles. The molecule has 4 nitrogen and oxygen atoms in total. The zero-order chi connectivity index (χ0) is 13.1. The molecule has 4 unspecified atom stereocenters. The average molecular weight is 267 g/mol. The van der Waals surface area contributed by atoms with Crippen molar-refractivity contribution in [1.29, 1.82) is 0 Å². The van der Waals surface area contributed by atoms with E-state index in [-0.39, 0.29) is 6.10 Å². The zero-order valence-electron chi connectivity index (χ0n) is 11.6. The zero-order valence-corrected chi connectivity index (χ0v) is 11.6. The van der Waals surface area contributed by atoms with Gasteiger partial charge in [0.25, 0.3) is 0 Å². The van der Waals surface area contributed by atoms with Crippen molar-refractivity contribution in [2.75, 3.05) is 39.6 Å². The summed E-state index contributed by atoms with van der Waals surface area (Å²) in [5.74, 6) is 1.42. The molecule has 1 heterocycles. The average Bonchev–Trinajstić information content (AvgIpc) is 3.05. The molecule has 19 heavy (non-hydrogen) atoms. The second kappa shape index (κ2) is 6.35. The van der Waals surface area contributed by atoms with E-state index in [2.05, 4.69) is 11.5 Å². The second-order valence-electron chi connectivity index (χ2n) is 5.91. The molecule has 0 aromatic rings. The molecule has 0 radical (unpaired) electrons. The number of ether oxygens (including phenoxy) is 3. The van der Waals surface area contributed by atoms with Crippen molar-refractivity contribution in [2.24, 2.45) is 11.8 Å². The van der Waals surface area contributed by atoms with Gasteiger partial charge in [0.2, 0.25) is 0 Å². The highest BCUT2D eigenvalue weighted by Crippen LogP contribution is 2.47. The highest BCUT2D eigenvalue weighted by Gasteiger charge is 2.49. The molecular formula is C15H25NO3. The first-order chi connectivity index (χ1) is 9.38. The van der Waals surface area contributed by atoms with E-state index in [1.54, 1.807) is 0 Å². The van der Waals surface area contributed by atoms with E-state index in [0.29, 0.717) is 24.5 Å². The Morgan fingerprint density at radius 3 is 2.47 bits per heavy atom. The molecule has 0 N–H and O–H groups in total. The molecule has 0 spiro atoms. The lowest BCUT2D eigenvalue weighted by Crippen LogP contribution is -2.43. The Labute approximate surface area is 115 Å². The van der Waals surface area contributed by atoms with Gasteiger partial charge >= 0.3 is 0 Å². The predicted octanol–water partition coefficient (Wildman–Crippen LogP) is 1.66. The number of morpholine rings is 1. The number of rotatable bonds is 6. The van der Waals surface area contributed by atoms with Gasteiger partial charge in [-0.25, -0.2) is 0 Å². The minimum absolute atomic E-state index is 0.290. The Bertz CT molecular complexity index is 304. The molecule has 2 aliphatic carbocycles. The SMILES string of the molecule is C=CCOC1C2CCC(C2)C1OCN1CCOCC1. The quantitative estimate of drug-likeness (QED) is 0.685. The second-order valence-corrected chi connectivity index (χ2v) is 5.91. The van der Waals surface area contributed by atoms with E-state index >= 15 is 0 Å². The highest BCUT2D eigenvalue weighted by molar-refractivity contribution is 4.99. The standard InChI is InChI=1S/C15H25NO3/c1-2-7-18-14-12-3-4-13(10-12)15(14)19-11-16-5-8-17-9-6-16/h2,12-15H,1,3-11H2. The van der Waals surface area contributed by atoms with Crippen molar-refractivity contribution in [3.05, 3.63) is 12.7 Å². The van der Waals surface area contributed by atoms with E-state index in [4.69, 9.17) is 14.2 Å². The van der Waals surface area contributed by atoms with Crippen LogP contribution < -0.4 is 0 Å². The third-order valence-corrected chi connectivity index (χ3v) is 4.73. The van der Waals surface area contributed by atoms with Gasteiger partial charge in [0.05, 0.1) is 38.8 Å². The van der Waals surface area contributed by atoms with E-state index < -0.39 is 0 Å². The Balaban J connectivity index is 1.51. The maximum absolute atomic E-state index is 6.20. The molecule has 2 bridgehead atoms. The monoisotopic (exact) mass is 267 g/mol. The topological polar surface area (TPSA) is 30.9 Å². The molecule has 2 saturated carbocycles. The van der Waals surface area contributed by atoms with Crippen molar-refractivity contribution in [3.63, 3.8) is 0 Å². The van der Waals surface area contributed by atoms with Crippen LogP contribution in [-0.4, -0.2) is 56.7 Å². The molecule has 1 saturated heterocycles. The first kappa shape index (κ1) is 13.6. The molecule has 3 rings (SSSR count). The van der Waals surface area contributed by atoms with E-state index in [1.165, 1.54) is 19.3 Å². The van der Waals surface area contributed by atoms with E-state index in [0.717, 1.165) is 33.0 Å². The van der Waals surface area contributed by atoms with Gasteiger partial charge in [0.1, 0.15) is 0 Å². The van der Waals surface area contributed by atoms with Crippen molar-refractivity contribution in [1.82, 2.24) is 4.90 Å². The van der Waals surface area contributed by atoms with Crippen LogP contribution >= 0.6 is 0 Å². The smallest absolute Gasteiger partial charge is 0.0997 e. The summed E-state index contributed by atoms with van der Waals surface area (Å²) in [5, 5.41) is 0. The lowest BCUT2D eigenvalue weighted by molar-refractivity contribution is -0.127. The van der Waals surface area contributed by atoms with E-state index in [9.17, 15) is 0 Å². The fraction of sp³-hybridized carbons (Fsp3) is 0.867. The Kier molecular flexibility index (Phi) is 4.53. The maximum atomic E-state index is 6.20. The first-order valence-electron chi connectivity index (χ1n) is 7.52. The van der Waals surface area contributed by atoms with Crippen LogP contribution in [0, 0.1) is 11.8 Å². The van der Waals surface area contributed by atoms with E-state index in [1.807, 2.05) is 6.08 Å². The van der Waals surface area contributed by atoms with Crippen molar-refractivity contribution >= 4 is 0 Å². The predicted molar refractivity (Wildman–Crippen MR) is 72.9 cm³/mol. The summed E-state index contributed by atoms with van der Waals surface area (Å²) in [5.41, 5.74) is 0. The summed E-state index contributed by atoms with van der Waals surface area (Å²) in [6.07, 6.45) is 6.33. The van der Waals surface area contributed by atoms with Crippen LogP contribution in [0.2, 0.25) is 0 Å². The molecule has 1 aliphatic heterocycles. The Morgan fingerprint density at radius 2 is 1.79 bits per heavy atom. The minimum atomic E-state index is 0.290. The number of hydrogen-bond acceptors (Lipinski definition) is 4. The van der Waals surface area contributed by atoms with Crippen LogP contribution in [0.25, 0.3) is 0 Å². The fourth-order valence-electron chi connectivity index (χ4n) is 3.75. The molecule has 4 heteroatoms. The van der Waals surface area contributed by atoms with Crippen LogP contribution in [0.5, 0.6) is 0 Å². The van der Waals surface area contributed by atoms with Gasteiger partial charge in [-0.05, 0) is 31.1 Å². The van der Waals surface area contributed by atoms with Crippen molar-refractivity contribution in [3.8, 4) is 0 Å². The molecule has 108 valence electrons. The molecule has 4 atom stereocenters. The van der Waals surface area contributed by atoms with Gasteiger partial charge in [-0.1, -0.05) is 6.08 Å². The summed E-state index contributed by atoms with van der Waals surface area (Å²) in [7, 11) is 0. The minimum Gasteiger partial charge on any atom is -0.379 e. The molecule has 0 amide bonds. The lowest BCUT2D eigenvalue weighted by Gasteiger charge is -2.33. The third kappa shape index (κ3) is 3.02. The van der Waals surface area contributed by atoms with Crippen LogP contribution in [-0.2, 0) is 14.2 Å². The number of hydrogen-bond donors (Lipinski definition) is 0. The van der Waals surface area contributed by atoms with Gasteiger partial charge in [-0.15, -0.1) is 6.58 Å². The van der Waals surface area contributed by atoms with Gasteiger partial charge in [0, 0.05) is 13.1 Å². The van der Waals surface area contributed by atoms with Gasteiger partial charge in [0.15, 0.2) is 0 Å². The number of fused-ring (bicyclic) bond motifs is 2. The maximum Gasteiger partial charge on any atom is 0.0997 e. The molecule has 3 fully saturated rings. The highest BCUT2D eigenvalue weighted by atomic mass is 16.5. The Hall–Kier alpha value is -0.420. The van der Waals surface area contributed by atoms with Crippen molar-refractivity contribution < 1.29 is 14.2 Å². The Morgan fingerprint density at radius 1 is 1.11 bits per heavy atom. The normalized spacial score (nSPS) is 38.7. The van der Waals surface area contributed by atoms with Crippen molar-refractivity contribution in [2.45, 2.75) is 31.5 Å². The first-order valence-corrected chi connectivity index (χ1v) is 7.52. The van der Waals surface area contributed by atoms with Crippen LogP contribution in [0.3, 0.4) is 0 Å². The van der Waals surface area contributed by atoms with Crippen LogP contribution in [0.4, 0.5) is 0 Å². The summed E-state index contributed by atoms with van der Waals surface area (Å²) < 4.78 is 17.5. The molecular weight excluding hydrogens is 242 g/mol. The largest absolute Gasteiger partial charge is 0.379 e. The number of nitrogens with zero attached hydrogens (tertiary/aromatic N) is 1. The van der Waals surface area contributed by atoms with Crippen LogP contribution in [0.1, 0.15) is 19.3 Å². The lowest BCUT2D eigenvalue weighted by atomic mass is 9.94. The van der Waals surface area contributed by atoms with Gasteiger partial charge in [-0.2, -0.15) is 0 Å². The summed E-state index contributed by atoms with van der Waals surface area (Å²) >= 11 is 0. The summed E-state index contributed by atoms with van der Waals surface area (Å²) in [4.78, 5) is 2.33. The van der Waals surface area contributed by atoms with Gasteiger partial charge < -0.3 is 14.2 Å². The fourth-order valence-corrected chi connectivity index (χ4v) is 3.75. The molecule has 0 aromatic carbocycles. The summed E-state index contributed by atoms with van der Waals surface area (Å²) in [6, 6.07) is 0.